The molecule has 28 heavy (non-hydrogen) atoms. The Bertz CT molecular complexity index is 851. The molecule has 4 atom stereocenters. The molecule has 0 aliphatic heterocycles. The number of hydrogen-bond acceptors (Lipinski definition) is 12. The quantitative estimate of drug-likeness (QED) is 0.213. The smallest absolute Gasteiger partial charge is 0.250 e. The van der Waals surface area contributed by atoms with Crippen LogP contribution in [0, 0.1) is 0 Å². The van der Waals surface area contributed by atoms with Crippen molar-refractivity contribution in [3.63, 3.8) is 0 Å². The molecule has 0 aromatic carbocycles. The lowest BCUT2D eigenvalue weighted by Gasteiger charge is -2.32. The predicted molar refractivity (Wildman–Crippen MR) is 100 cm³/mol. The van der Waals surface area contributed by atoms with Crippen molar-refractivity contribution in [2.45, 2.75) is 24.4 Å². The molecule has 22 heteroatoms. The van der Waals surface area contributed by atoms with Crippen LogP contribution in [0.25, 0.3) is 0 Å². The minimum absolute atomic E-state index is 0.937. The Balaban J connectivity index is 6.47. The third-order valence-electron chi connectivity index (χ3n) is 2.29. The first kappa shape index (κ1) is 29.4. The van der Waals surface area contributed by atoms with E-state index in [1.165, 1.54) is 0 Å². The van der Waals surface area contributed by atoms with Gasteiger partial charge >= 0.3 is 37.3 Å². The molecule has 0 aliphatic carbocycles. The summed E-state index contributed by atoms with van der Waals surface area (Å²) in [6.07, 6.45) is -9.12. The SMILES string of the molecule is O=S(=O)(Cl)O[C@H]([C@H](OS(=O)(=O)Cl)[C@@H](CCl)OS(=O)(=O)Cl)[C@@H](CCl)OS(=O)(=O)Cl. The Labute approximate surface area is 188 Å². The van der Waals surface area contributed by atoms with Crippen molar-refractivity contribution in [3.05, 3.63) is 0 Å². The van der Waals surface area contributed by atoms with Crippen molar-refractivity contribution >= 4 is 103 Å². The Morgan fingerprint density at radius 1 is 0.500 bits per heavy atom. The molecule has 0 N–H and O–H groups in total. The van der Waals surface area contributed by atoms with Gasteiger partial charge in [-0.05, 0) is 0 Å². The molecular weight excluding hydrogens is 605 g/mol. The maximum atomic E-state index is 11.3. The fraction of sp³-hybridized carbons (Fsp3) is 1.00. The molecule has 0 aliphatic rings. The zero-order chi connectivity index (χ0) is 22.6. The van der Waals surface area contributed by atoms with E-state index in [0.717, 1.165) is 0 Å². The van der Waals surface area contributed by atoms with E-state index in [-0.39, 0.29) is 0 Å². The molecule has 0 rings (SSSR count). The van der Waals surface area contributed by atoms with Crippen LogP contribution in [0.15, 0.2) is 0 Å². The molecular formula is C6H8Cl6O12S4. The first-order chi connectivity index (χ1) is 12.3. The molecule has 0 aromatic rings. The summed E-state index contributed by atoms with van der Waals surface area (Å²) >= 11 is 10.9. The first-order valence-corrected chi connectivity index (χ1v) is 15.9. The molecule has 0 saturated carbocycles. The van der Waals surface area contributed by atoms with Gasteiger partial charge in [0.15, 0.2) is 0 Å². The highest BCUT2D eigenvalue weighted by molar-refractivity contribution is 8.10. The molecule has 0 heterocycles. The van der Waals surface area contributed by atoms with Gasteiger partial charge in [0.2, 0.25) is 0 Å². The van der Waals surface area contributed by atoms with Crippen molar-refractivity contribution in [1.82, 2.24) is 0 Å². The van der Waals surface area contributed by atoms with Crippen LogP contribution < -0.4 is 0 Å². The van der Waals surface area contributed by atoms with Gasteiger partial charge in [-0.25, -0.2) is 8.37 Å². The first-order valence-electron chi connectivity index (χ1n) is 5.91. The van der Waals surface area contributed by atoms with Crippen molar-refractivity contribution in [1.29, 1.82) is 0 Å². The normalized spacial score (nSPS) is 18.4. The zero-order valence-corrected chi connectivity index (χ0v) is 20.3. The summed E-state index contributed by atoms with van der Waals surface area (Å²) in [4.78, 5) is 0. The number of rotatable bonds is 13. The van der Waals surface area contributed by atoms with Gasteiger partial charge in [0.05, 0.1) is 11.8 Å². The van der Waals surface area contributed by atoms with Crippen LogP contribution >= 0.6 is 65.9 Å². The second kappa shape index (κ2) is 11.3. The number of halogens is 6. The van der Waals surface area contributed by atoms with Gasteiger partial charge in [-0.15, -0.1) is 23.2 Å². The van der Waals surface area contributed by atoms with Gasteiger partial charge in [-0.2, -0.15) is 33.7 Å². The zero-order valence-electron chi connectivity index (χ0n) is 12.5. The fourth-order valence-corrected chi connectivity index (χ4v) is 5.19. The minimum Gasteiger partial charge on any atom is -0.250 e. The largest absolute Gasteiger partial charge is 0.356 e. The topological polar surface area (TPSA) is 173 Å². The van der Waals surface area contributed by atoms with Crippen LogP contribution in [-0.2, 0) is 54.1 Å². The fourth-order valence-electron chi connectivity index (χ4n) is 1.55. The molecule has 0 fully saturated rings. The van der Waals surface area contributed by atoms with Crippen molar-refractivity contribution < 1.29 is 50.4 Å². The van der Waals surface area contributed by atoms with E-state index in [0.29, 0.717) is 0 Å². The van der Waals surface area contributed by atoms with E-state index < -0.39 is 73.5 Å². The predicted octanol–water partition coefficient (Wildman–Crippen LogP) is 0.939. The molecule has 0 spiro atoms. The van der Waals surface area contributed by atoms with E-state index in [1.54, 1.807) is 0 Å². The minimum atomic E-state index is -5.02. The summed E-state index contributed by atoms with van der Waals surface area (Å²) in [7, 11) is -0.215. The van der Waals surface area contributed by atoms with Gasteiger partial charge in [-0.3, -0.25) is 8.37 Å². The summed E-state index contributed by atoms with van der Waals surface area (Å²) in [5, 5.41) is 0. The lowest BCUT2D eigenvalue weighted by atomic mass is 10.1. The van der Waals surface area contributed by atoms with Crippen LogP contribution in [0.2, 0.25) is 0 Å². The number of hydrogen-bond donors (Lipinski definition) is 0. The average molecular weight is 613 g/mol. The van der Waals surface area contributed by atoms with Gasteiger partial charge in [0, 0.05) is 42.7 Å². The Morgan fingerprint density at radius 3 is 0.857 bits per heavy atom. The molecule has 170 valence electrons. The Morgan fingerprint density at radius 2 is 0.714 bits per heavy atom. The van der Waals surface area contributed by atoms with E-state index in [4.69, 9.17) is 65.9 Å². The maximum absolute atomic E-state index is 11.3. The van der Waals surface area contributed by atoms with Crippen LogP contribution in [-0.4, -0.2) is 69.8 Å². The molecule has 0 radical (unpaired) electrons. The molecule has 0 unspecified atom stereocenters. The highest BCUT2D eigenvalue weighted by Crippen LogP contribution is 2.27. The van der Waals surface area contributed by atoms with Gasteiger partial charge < -0.3 is 0 Å². The second-order valence-electron chi connectivity index (χ2n) is 4.27. The van der Waals surface area contributed by atoms with Crippen LogP contribution in [0.3, 0.4) is 0 Å². The van der Waals surface area contributed by atoms with Gasteiger partial charge in [-0.1, -0.05) is 0 Å². The van der Waals surface area contributed by atoms with Crippen molar-refractivity contribution in [2.75, 3.05) is 11.8 Å². The summed E-state index contributed by atoms with van der Waals surface area (Å²) in [5.41, 5.74) is 0. The lowest BCUT2D eigenvalue weighted by Crippen LogP contribution is -2.52. The van der Waals surface area contributed by atoms with E-state index >= 15 is 0 Å². The van der Waals surface area contributed by atoms with Crippen molar-refractivity contribution in [2.24, 2.45) is 0 Å². The summed E-state index contributed by atoms with van der Waals surface area (Å²) in [6, 6.07) is 0. The third-order valence-corrected chi connectivity index (χ3v) is 5.63. The third kappa shape index (κ3) is 13.6. The Kier molecular flexibility index (Phi) is 11.9. The van der Waals surface area contributed by atoms with Crippen LogP contribution in [0.5, 0.6) is 0 Å². The maximum Gasteiger partial charge on any atom is 0.356 e. The van der Waals surface area contributed by atoms with Gasteiger partial charge in [0.1, 0.15) is 24.4 Å². The van der Waals surface area contributed by atoms with E-state index in [1.807, 2.05) is 0 Å². The number of alkyl halides is 2. The lowest BCUT2D eigenvalue weighted by molar-refractivity contribution is -0.0433. The van der Waals surface area contributed by atoms with Crippen LogP contribution in [0.1, 0.15) is 0 Å². The van der Waals surface area contributed by atoms with E-state index in [2.05, 4.69) is 16.7 Å². The molecule has 12 nitrogen and oxygen atoms in total. The van der Waals surface area contributed by atoms with Crippen molar-refractivity contribution in [3.8, 4) is 0 Å². The van der Waals surface area contributed by atoms with E-state index in [9.17, 15) is 33.7 Å². The molecule has 0 aromatic heterocycles. The van der Waals surface area contributed by atoms with Crippen LogP contribution in [0.4, 0.5) is 0 Å². The molecule has 0 bridgehead atoms. The Hall–Kier alpha value is 1.38. The average Bonchev–Trinajstić information content (AvgIpc) is 2.42. The summed E-state index contributed by atoms with van der Waals surface area (Å²) < 4.78 is 107. The standard InChI is InChI=1S/C6H8Cl6O12S4/c7-1-3(21-25(9,13)14)5(23-27(11,17)18)6(24-28(12,19)20)4(2-8)22-26(10,15)16/h3-6H,1-2H2/t3-,4-,5-,6+/m1/s1. The van der Waals surface area contributed by atoms with Gasteiger partial charge in [0.25, 0.3) is 0 Å². The molecule has 0 saturated heterocycles. The summed E-state index contributed by atoms with van der Waals surface area (Å²) in [6.45, 7) is 0. The summed E-state index contributed by atoms with van der Waals surface area (Å²) in [5.74, 6) is -1.87. The monoisotopic (exact) mass is 610 g/mol. The highest BCUT2D eigenvalue weighted by atomic mass is 35.7. The second-order valence-corrected chi connectivity index (χ2v) is 13.3. The molecule has 0 amide bonds. The highest BCUT2D eigenvalue weighted by Gasteiger charge is 2.45.